The van der Waals surface area contributed by atoms with Crippen molar-refractivity contribution >= 4 is 34.5 Å². The zero-order valence-corrected chi connectivity index (χ0v) is 13.2. The number of benzene rings is 2. The van der Waals surface area contributed by atoms with E-state index in [0.717, 1.165) is 6.07 Å². The molecule has 1 amide bonds. The Hall–Kier alpha value is -2.44. The molecule has 1 aromatic heterocycles. The first kappa shape index (κ1) is 15.5. The number of hydrogen-bond acceptors (Lipinski definition) is 4. The van der Waals surface area contributed by atoms with Crippen molar-refractivity contribution < 1.29 is 13.9 Å². The van der Waals surface area contributed by atoms with Crippen LogP contribution >= 0.6 is 22.9 Å². The number of rotatable bonds is 4. The van der Waals surface area contributed by atoms with Crippen LogP contribution in [0.1, 0.15) is 10.4 Å². The molecule has 0 fully saturated rings. The SMILES string of the molecule is O=C(Nc1ccc(Cl)cc1F)c1ccc(Oc2nccs2)cc1. The van der Waals surface area contributed by atoms with E-state index in [9.17, 15) is 9.18 Å². The molecule has 0 aliphatic rings. The van der Waals surface area contributed by atoms with Gasteiger partial charge in [-0.15, -0.1) is 0 Å². The molecule has 7 heteroatoms. The van der Waals surface area contributed by atoms with Crippen LogP contribution in [0.15, 0.2) is 54.0 Å². The van der Waals surface area contributed by atoms with Crippen molar-refractivity contribution in [3.8, 4) is 10.9 Å². The van der Waals surface area contributed by atoms with Gasteiger partial charge in [-0.1, -0.05) is 22.9 Å². The van der Waals surface area contributed by atoms with Crippen molar-refractivity contribution in [2.45, 2.75) is 0 Å². The number of aromatic nitrogens is 1. The number of carbonyl (C=O) groups is 1. The third-order valence-electron chi connectivity index (χ3n) is 2.91. The first-order chi connectivity index (χ1) is 11.1. The van der Waals surface area contributed by atoms with Crippen LogP contribution in [0.25, 0.3) is 0 Å². The Labute approximate surface area is 140 Å². The molecule has 23 heavy (non-hydrogen) atoms. The molecular weight excluding hydrogens is 339 g/mol. The third kappa shape index (κ3) is 3.85. The number of thiazole rings is 1. The van der Waals surface area contributed by atoms with Gasteiger partial charge in [0.05, 0.1) is 5.69 Å². The number of carbonyl (C=O) groups excluding carboxylic acids is 1. The standard InChI is InChI=1S/C16H10ClFN2O2S/c17-11-3-6-14(13(18)9-11)20-15(21)10-1-4-12(5-2-10)22-16-19-7-8-23-16/h1-9H,(H,20,21). The van der Waals surface area contributed by atoms with Gasteiger partial charge >= 0.3 is 0 Å². The number of amides is 1. The molecule has 1 N–H and O–H groups in total. The van der Waals surface area contributed by atoms with Crippen LogP contribution in [-0.2, 0) is 0 Å². The largest absolute Gasteiger partial charge is 0.431 e. The van der Waals surface area contributed by atoms with Crippen molar-refractivity contribution in [3.63, 3.8) is 0 Å². The molecule has 0 spiro atoms. The minimum absolute atomic E-state index is 0.0718. The molecule has 0 aliphatic heterocycles. The van der Waals surface area contributed by atoms with E-state index in [4.69, 9.17) is 16.3 Å². The summed E-state index contributed by atoms with van der Waals surface area (Å²) >= 11 is 7.04. The molecule has 0 radical (unpaired) electrons. The quantitative estimate of drug-likeness (QED) is 0.723. The average Bonchev–Trinajstić information content (AvgIpc) is 3.04. The summed E-state index contributed by atoms with van der Waals surface area (Å²) in [6, 6.07) is 10.5. The Bertz CT molecular complexity index is 823. The van der Waals surface area contributed by atoms with Gasteiger partial charge in [0.15, 0.2) is 0 Å². The van der Waals surface area contributed by atoms with E-state index >= 15 is 0 Å². The summed E-state index contributed by atoms with van der Waals surface area (Å²) in [6.45, 7) is 0. The summed E-state index contributed by atoms with van der Waals surface area (Å²) in [7, 11) is 0. The molecule has 2 aromatic carbocycles. The number of anilines is 1. The monoisotopic (exact) mass is 348 g/mol. The minimum Gasteiger partial charge on any atom is -0.431 e. The maximum Gasteiger partial charge on any atom is 0.278 e. The lowest BCUT2D eigenvalue weighted by Crippen LogP contribution is -2.12. The first-order valence-corrected chi connectivity index (χ1v) is 7.81. The Morgan fingerprint density at radius 2 is 2.00 bits per heavy atom. The van der Waals surface area contributed by atoms with Gasteiger partial charge in [-0.2, -0.15) is 0 Å². The topological polar surface area (TPSA) is 51.2 Å². The Morgan fingerprint density at radius 3 is 2.65 bits per heavy atom. The lowest BCUT2D eigenvalue weighted by molar-refractivity contribution is 0.102. The zero-order chi connectivity index (χ0) is 16.2. The number of halogens is 2. The molecule has 4 nitrogen and oxygen atoms in total. The van der Waals surface area contributed by atoms with Gasteiger partial charge < -0.3 is 10.1 Å². The maximum atomic E-state index is 13.7. The predicted octanol–water partition coefficient (Wildman–Crippen LogP) is 4.98. The molecule has 0 bridgehead atoms. The molecule has 0 unspecified atom stereocenters. The van der Waals surface area contributed by atoms with Crippen molar-refractivity contribution in [1.82, 2.24) is 4.98 Å². The van der Waals surface area contributed by atoms with Crippen LogP contribution in [0.3, 0.4) is 0 Å². The second-order valence-corrected chi connectivity index (χ2v) is 5.80. The molecule has 0 atom stereocenters. The predicted molar refractivity (Wildman–Crippen MR) is 88.0 cm³/mol. The van der Waals surface area contributed by atoms with Gasteiger partial charge in [-0.3, -0.25) is 4.79 Å². The van der Waals surface area contributed by atoms with Gasteiger partial charge in [-0.05, 0) is 42.5 Å². The number of ether oxygens (including phenoxy) is 1. The minimum atomic E-state index is -0.588. The van der Waals surface area contributed by atoms with E-state index in [0.29, 0.717) is 16.5 Å². The fourth-order valence-corrected chi connectivity index (χ4v) is 2.48. The fraction of sp³-hybridized carbons (Fsp3) is 0. The summed E-state index contributed by atoms with van der Waals surface area (Å²) < 4.78 is 19.2. The molecule has 3 aromatic rings. The van der Waals surface area contributed by atoms with E-state index < -0.39 is 11.7 Å². The van der Waals surface area contributed by atoms with E-state index in [2.05, 4.69) is 10.3 Å². The van der Waals surface area contributed by atoms with Gasteiger partial charge in [0.1, 0.15) is 11.6 Å². The number of nitrogens with one attached hydrogen (secondary N) is 1. The van der Waals surface area contributed by atoms with E-state index in [-0.39, 0.29) is 10.7 Å². The molecule has 0 saturated carbocycles. The van der Waals surface area contributed by atoms with Crippen LogP contribution in [-0.4, -0.2) is 10.9 Å². The summed E-state index contributed by atoms with van der Waals surface area (Å²) in [6.07, 6.45) is 1.64. The van der Waals surface area contributed by atoms with Crippen molar-refractivity contribution in [2.24, 2.45) is 0 Å². The van der Waals surface area contributed by atoms with E-state index in [1.54, 1.807) is 35.8 Å². The summed E-state index contributed by atoms with van der Waals surface area (Å²) in [5, 5.41) is 5.09. The van der Waals surface area contributed by atoms with Crippen LogP contribution in [0.2, 0.25) is 5.02 Å². The summed E-state index contributed by atoms with van der Waals surface area (Å²) in [5.41, 5.74) is 0.452. The molecule has 3 rings (SSSR count). The Kier molecular flexibility index (Phi) is 4.55. The van der Waals surface area contributed by atoms with Gasteiger partial charge in [0.2, 0.25) is 0 Å². The summed E-state index contributed by atoms with van der Waals surface area (Å²) in [5.74, 6) is -0.448. The van der Waals surface area contributed by atoms with Gasteiger partial charge in [0.25, 0.3) is 11.1 Å². The van der Waals surface area contributed by atoms with E-state index in [1.165, 1.54) is 23.5 Å². The smallest absolute Gasteiger partial charge is 0.278 e. The van der Waals surface area contributed by atoms with E-state index in [1.807, 2.05) is 0 Å². The molecular formula is C16H10ClFN2O2S. The third-order valence-corrected chi connectivity index (χ3v) is 3.79. The van der Waals surface area contributed by atoms with Crippen molar-refractivity contribution in [3.05, 3.63) is 70.4 Å². The second kappa shape index (κ2) is 6.76. The highest BCUT2D eigenvalue weighted by molar-refractivity contribution is 7.11. The molecule has 1 heterocycles. The van der Waals surface area contributed by atoms with Crippen LogP contribution in [0.5, 0.6) is 10.9 Å². The molecule has 0 aliphatic carbocycles. The number of nitrogens with zero attached hydrogens (tertiary/aromatic N) is 1. The van der Waals surface area contributed by atoms with Crippen LogP contribution < -0.4 is 10.1 Å². The van der Waals surface area contributed by atoms with Crippen molar-refractivity contribution in [1.29, 1.82) is 0 Å². The van der Waals surface area contributed by atoms with Gasteiger partial charge in [0, 0.05) is 22.2 Å². The molecule has 0 saturated heterocycles. The Morgan fingerprint density at radius 1 is 1.22 bits per heavy atom. The normalized spacial score (nSPS) is 10.3. The second-order valence-electron chi connectivity index (χ2n) is 4.50. The number of hydrogen-bond donors (Lipinski definition) is 1. The highest BCUT2D eigenvalue weighted by atomic mass is 35.5. The molecule has 116 valence electrons. The maximum absolute atomic E-state index is 13.7. The van der Waals surface area contributed by atoms with Crippen LogP contribution in [0.4, 0.5) is 10.1 Å². The van der Waals surface area contributed by atoms with Crippen molar-refractivity contribution in [2.75, 3.05) is 5.32 Å². The van der Waals surface area contributed by atoms with Crippen LogP contribution in [0, 0.1) is 5.82 Å². The highest BCUT2D eigenvalue weighted by Crippen LogP contribution is 2.24. The zero-order valence-electron chi connectivity index (χ0n) is 11.6. The highest BCUT2D eigenvalue weighted by Gasteiger charge is 2.10. The van der Waals surface area contributed by atoms with Gasteiger partial charge in [-0.25, -0.2) is 9.37 Å². The lowest BCUT2D eigenvalue weighted by Gasteiger charge is -2.07. The lowest BCUT2D eigenvalue weighted by atomic mass is 10.2. The first-order valence-electron chi connectivity index (χ1n) is 6.55. The Balaban J connectivity index is 1.70. The average molecular weight is 349 g/mol. The summed E-state index contributed by atoms with van der Waals surface area (Å²) in [4.78, 5) is 16.1. The fourth-order valence-electron chi connectivity index (χ4n) is 1.82.